The molecule has 0 unspecified atom stereocenters. The Hall–Kier alpha value is -4.01. The number of hydrogen-bond donors (Lipinski definition) is 0. The molecule has 0 N–H and O–H groups in total. The third-order valence-corrected chi connectivity index (χ3v) is 5.12. The molecule has 0 aromatic heterocycles. The Kier molecular flexibility index (Phi) is 5.71. The number of fused-ring (bicyclic) bond motifs is 1. The van der Waals surface area contributed by atoms with Gasteiger partial charge >= 0.3 is 6.18 Å². The van der Waals surface area contributed by atoms with Gasteiger partial charge in [-0.25, -0.2) is 4.39 Å². The molecular formula is C24H15F4NO4. The lowest BCUT2D eigenvalue weighted by Gasteiger charge is -2.17. The van der Waals surface area contributed by atoms with Crippen LogP contribution in [0.15, 0.2) is 66.7 Å². The number of amides is 2. The van der Waals surface area contributed by atoms with Crippen molar-refractivity contribution >= 4 is 17.6 Å². The first-order chi connectivity index (χ1) is 15.7. The maximum atomic E-state index is 14.1. The lowest BCUT2D eigenvalue weighted by atomic mass is 9.99. The fraction of sp³-hybridized carbons (Fsp3) is 0.125. The number of rotatable bonds is 6. The highest BCUT2D eigenvalue weighted by Crippen LogP contribution is 2.34. The highest BCUT2D eigenvalue weighted by atomic mass is 19.4. The van der Waals surface area contributed by atoms with Gasteiger partial charge in [-0.15, -0.1) is 0 Å². The lowest BCUT2D eigenvalue weighted by molar-refractivity contribution is -0.137. The first kappa shape index (κ1) is 22.2. The highest BCUT2D eigenvalue weighted by molar-refractivity contribution is 6.21. The summed E-state index contributed by atoms with van der Waals surface area (Å²) in [5.74, 6) is -3.15. The maximum absolute atomic E-state index is 14.1. The number of benzene rings is 3. The van der Waals surface area contributed by atoms with Crippen LogP contribution in [-0.2, 0) is 6.18 Å². The molecule has 0 bridgehead atoms. The molecule has 0 radical (unpaired) electrons. The Balaban J connectivity index is 1.58. The summed E-state index contributed by atoms with van der Waals surface area (Å²) in [7, 11) is 0. The molecule has 9 heteroatoms. The molecule has 4 rings (SSSR count). The quantitative estimate of drug-likeness (QED) is 0.305. The van der Waals surface area contributed by atoms with E-state index in [0.717, 1.165) is 29.2 Å². The van der Waals surface area contributed by atoms with E-state index in [4.69, 9.17) is 4.74 Å². The topological polar surface area (TPSA) is 63.7 Å². The van der Waals surface area contributed by atoms with Crippen molar-refractivity contribution in [1.82, 2.24) is 4.90 Å². The number of carbonyl (C=O) groups excluding carboxylic acids is 3. The first-order valence-electron chi connectivity index (χ1n) is 9.77. The van der Waals surface area contributed by atoms with Crippen LogP contribution in [0.4, 0.5) is 17.6 Å². The molecule has 168 valence electrons. The van der Waals surface area contributed by atoms with E-state index in [1.807, 2.05) is 0 Å². The van der Waals surface area contributed by atoms with Crippen LogP contribution in [0.5, 0.6) is 5.75 Å². The van der Waals surface area contributed by atoms with Crippen LogP contribution in [0.3, 0.4) is 0 Å². The van der Waals surface area contributed by atoms with Crippen LogP contribution in [0.25, 0.3) is 0 Å². The number of imide groups is 1. The Labute approximate surface area is 185 Å². The minimum Gasteiger partial charge on any atom is -0.491 e. The fourth-order valence-corrected chi connectivity index (χ4v) is 3.49. The summed E-state index contributed by atoms with van der Waals surface area (Å²) in [6, 6.07) is 13.4. The smallest absolute Gasteiger partial charge is 0.416 e. The van der Waals surface area contributed by atoms with Gasteiger partial charge in [-0.2, -0.15) is 13.2 Å². The van der Waals surface area contributed by atoms with Gasteiger partial charge in [-0.3, -0.25) is 19.3 Å². The van der Waals surface area contributed by atoms with Gasteiger partial charge in [0.05, 0.1) is 34.4 Å². The summed E-state index contributed by atoms with van der Waals surface area (Å²) >= 11 is 0. The van der Waals surface area contributed by atoms with E-state index in [0.29, 0.717) is 6.07 Å². The van der Waals surface area contributed by atoms with Crippen molar-refractivity contribution < 1.29 is 36.7 Å². The van der Waals surface area contributed by atoms with Gasteiger partial charge in [0, 0.05) is 0 Å². The van der Waals surface area contributed by atoms with Crippen molar-refractivity contribution in [2.75, 3.05) is 13.2 Å². The van der Waals surface area contributed by atoms with E-state index in [-0.39, 0.29) is 30.0 Å². The predicted octanol–water partition coefficient (Wildman–Crippen LogP) is 4.75. The van der Waals surface area contributed by atoms with Gasteiger partial charge < -0.3 is 4.74 Å². The molecule has 0 spiro atoms. The minimum atomic E-state index is -4.73. The molecule has 0 saturated carbocycles. The van der Waals surface area contributed by atoms with Crippen molar-refractivity contribution in [3.8, 4) is 5.75 Å². The van der Waals surface area contributed by atoms with Crippen LogP contribution in [0, 0.1) is 5.82 Å². The number of nitrogens with zero attached hydrogens (tertiary/aromatic N) is 1. The van der Waals surface area contributed by atoms with Crippen molar-refractivity contribution in [3.63, 3.8) is 0 Å². The Morgan fingerprint density at radius 1 is 0.848 bits per heavy atom. The van der Waals surface area contributed by atoms with E-state index < -0.39 is 46.3 Å². The lowest BCUT2D eigenvalue weighted by Crippen LogP contribution is -2.33. The highest BCUT2D eigenvalue weighted by Gasteiger charge is 2.35. The Morgan fingerprint density at radius 3 is 2.06 bits per heavy atom. The minimum absolute atomic E-state index is 0.194. The molecule has 0 saturated heterocycles. The number of ketones is 1. The van der Waals surface area contributed by atoms with Crippen molar-refractivity contribution in [2.45, 2.75) is 6.18 Å². The number of carbonyl (C=O) groups is 3. The molecule has 0 fully saturated rings. The van der Waals surface area contributed by atoms with Gasteiger partial charge in [-0.05, 0) is 42.5 Å². The zero-order valence-corrected chi connectivity index (χ0v) is 16.9. The molecule has 0 aliphatic carbocycles. The predicted molar refractivity (Wildman–Crippen MR) is 109 cm³/mol. The van der Waals surface area contributed by atoms with Gasteiger partial charge in [0.1, 0.15) is 18.2 Å². The fourth-order valence-electron chi connectivity index (χ4n) is 3.49. The maximum Gasteiger partial charge on any atom is 0.416 e. The number of alkyl halides is 3. The Bertz CT molecular complexity index is 1230. The standard InChI is InChI=1S/C24H15F4NO4/c25-19-8-4-3-7-17(19)21(30)18-13-14(24(26,27)28)9-10-20(18)33-12-11-29-22(31)15-5-1-2-6-16(15)23(29)32/h1-10,13H,11-12H2. The summed E-state index contributed by atoms with van der Waals surface area (Å²) in [5.41, 5.74) is -1.52. The SMILES string of the molecule is O=C(c1ccccc1F)c1cc(C(F)(F)F)ccc1OCCN1C(=O)c2ccccc2C1=O. The van der Waals surface area contributed by atoms with Crippen LogP contribution in [-0.4, -0.2) is 35.6 Å². The average molecular weight is 457 g/mol. The number of halogens is 4. The molecule has 2 amide bonds. The molecule has 1 aliphatic heterocycles. The second-order valence-corrected chi connectivity index (χ2v) is 7.17. The summed E-state index contributed by atoms with van der Waals surface area (Å²) in [4.78, 5) is 38.6. The molecule has 5 nitrogen and oxygen atoms in total. The largest absolute Gasteiger partial charge is 0.491 e. The monoisotopic (exact) mass is 457 g/mol. The van der Waals surface area contributed by atoms with Gasteiger partial charge in [0.25, 0.3) is 11.8 Å². The van der Waals surface area contributed by atoms with Gasteiger partial charge in [0.2, 0.25) is 0 Å². The van der Waals surface area contributed by atoms with E-state index in [2.05, 4.69) is 0 Å². The molecule has 1 heterocycles. The zero-order chi connectivity index (χ0) is 23.8. The van der Waals surface area contributed by atoms with Gasteiger partial charge in [-0.1, -0.05) is 24.3 Å². The zero-order valence-electron chi connectivity index (χ0n) is 16.9. The van der Waals surface area contributed by atoms with Crippen LogP contribution in [0.1, 0.15) is 42.2 Å². The molecule has 33 heavy (non-hydrogen) atoms. The van der Waals surface area contributed by atoms with Gasteiger partial charge in [0.15, 0.2) is 5.78 Å². The summed E-state index contributed by atoms with van der Waals surface area (Å²) in [6.45, 7) is -0.477. The summed E-state index contributed by atoms with van der Waals surface area (Å²) in [6.07, 6.45) is -4.73. The van der Waals surface area contributed by atoms with Crippen LogP contribution >= 0.6 is 0 Å². The number of ether oxygens (including phenoxy) is 1. The second-order valence-electron chi connectivity index (χ2n) is 7.17. The van der Waals surface area contributed by atoms with Crippen molar-refractivity contribution in [1.29, 1.82) is 0 Å². The summed E-state index contributed by atoms with van der Waals surface area (Å²) < 4.78 is 59.2. The first-order valence-corrected chi connectivity index (χ1v) is 9.77. The second kappa shape index (κ2) is 8.50. The van der Waals surface area contributed by atoms with E-state index in [9.17, 15) is 31.9 Å². The summed E-state index contributed by atoms with van der Waals surface area (Å²) in [5, 5.41) is 0. The third kappa shape index (κ3) is 4.21. The molecular weight excluding hydrogens is 442 g/mol. The average Bonchev–Trinajstić information content (AvgIpc) is 3.03. The van der Waals surface area contributed by atoms with E-state index in [1.165, 1.54) is 24.3 Å². The van der Waals surface area contributed by atoms with E-state index >= 15 is 0 Å². The van der Waals surface area contributed by atoms with Crippen molar-refractivity contribution in [2.24, 2.45) is 0 Å². The number of hydrogen-bond acceptors (Lipinski definition) is 4. The third-order valence-electron chi connectivity index (χ3n) is 5.12. The molecule has 3 aromatic carbocycles. The molecule has 1 aliphatic rings. The molecule has 3 aromatic rings. The van der Waals surface area contributed by atoms with E-state index in [1.54, 1.807) is 12.1 Å². The Morgan fingerprint density at radius 2 is 1.45 bits per heavy atom. The molecule has 0 atom stereocenters. The van der Waals surface area contributed by atoms with Crippen molar-refractivity contribution in [3.05, 3.63) is 100 Å². The van der Waals surface area contributed by atoms with Crippen LogP contribution < -0.4 is 4.74 Å². The van der Waals surface area contributed by atoms with Crippen LogP contribution in [0.2, 0.25) is 0 Å². The normalized spacial score (nSPS) is 13.3.